The molecule has 0 amide bonds. The fraction of sp³-hybridized carbons (Fsp3) is 0.500. The minimum Gasteiger partial charge on any atom is -0.471 e. The fourth-order valence-electron chi connectivity index (χ4n) is 1.18. The Balaban J connectivity index is 2.10. The molecule has 0 bridgehead atoms. The molecule has 1 fully saturated rings. The number of ether oxygens (including phenoxy) is 2. The number of nitrogens with zero attached hydrogens (tertiary/aromatic N) is 2. The van der Waals surface area contributed by atoms with E-state index in [0.717, 1.165) is 6.42 Å². The summed E-state index contributed by atoms with van der Waals surface area (Å²) in [6.45, 7) is 1.28. The molecule has 0 unspecified atom stereocenters. The second-order valence-corrected chi connectivity index (χ2v) is 3.64. The third-order valence-corrected chi connectivity index (χ3v) is 2.29. The third kappa shape index (κ3) is 2.26. The molecule has 1 aromatic heterocycles. The standard InChI is InChI=1S/C8H8Cl2N2O2/c9-6-3-11-8(10)12-7(6)14-5-1-2-13-4-5/h3,5H,1-2,4H2/t5-/m1/s1. The van der Waals surface area contributed by atoms with Gasteiger partial charge in [0.05, 0.1) is 19.4 Å². The van der Waals surface area contributed by atoms with Crippen molar-refractivity contribution in [2.24, 2.45) is 0 Å². The number of rotatable bonds is 2. The minimum absolute atomic E-state index is 0.0125. The van der Waals surface area contributed by atoms with Crippen molar-refractivity contribution < 1.29 is 9.47 Å². The summed E-state index contributed by atoms with van der Waals surface area (Å²) in [5, 5.41) is 0.490. The van der Waals surface area contributed by atoms with Crippen LogP contribution in [-0.4, -0.2) is 29.3 Å². The molecule has 1 aliphatic rings. The highest BCUT2D eigenvalue weighted by molar-refractivity contribution is 6.32. The van der Waals surface area contributed by atoms with Gasteiger partial charge in [0.25, 0.3) is 0 Å². The molecule has 0 aromatic carbocycles. The quantitative estimate of drug-likeness (QED) is 0.735. The molecular weight excluding hydrogens is 227 g/mol. The van der Waals surface area contributed by atoms with Crippen molar-refractivity contribution in [2.45, 2.75) is 12.5 Å². The van der Waals surface area contributed by atoms with Crippen LogP contribution in [0.3, 0.4) is 0 Å². The van der Waals surface area contributed by atoms with E-state index in [1.165, 1.54) is 6.20 Å². The molecule has 0 saturated carbocycles. The molecule has 2 heterocycles. The van der Waals surface area contributed by atoms with Crippen molar-refractivity contribution in [3.05, 3.63) is 16.5 Å². The maximum atomic E-state index is 5.83. The van der Waals surface area contributed by atoms with Gasteiger partial charge in [-0.05, 0) is 11.6 Å². The molecule has 1 aliphatic heterocycles. The van der Waals surface area contributed by atoms with Crippen LogP contribution in [0.4, 0.5) is 0 Å². The second-order valence-electron chi connectivity index (χ2n) is 2.90. The zero-order valence-corrected chi connectivity index (χ0v) is 8.75. The molecule has 2 rings (SSSR count). The lowest BCUT2D eigenvalue weighted by molar-refractivity contribution is 0.138. The number of hydrogen-bond donors (Lipinski definition) is 0. The summed E-state index contributed by atoms with van der Waals surface area (Å²) >= 11 is 11.4. The molecule has 76 valence electrons. The van der Waals surface area contributed by atoms with E-state index < -0.39 is 0 Å². The van der Waals surface area contributed by atoms with E-state index in [4.69, 9.17) is 32.7 Å². The molecule has 4 nitrogen and oxygen atoms in total. The van der Waals surface area contributed by atoms with Gasteiger partial charge in [-0.3, -0.25) is 0 Å². The Morgan fingerprint density at radius 3 is 3.07 bits per heavy atom. The number of halogens is 2. The van der Waals surface area contributed by atoms with Crippen LogP contribution in [0.15, 0.2) is 6.20 Å². The molecule has 14 heavy (non-hydrogen) atoms. The molecule has 1 aromatic rings. The molecule has 1 atom stereocenters. The molecule has 0 radical (unpaired) electrons. The largest absolute Gasteiger partial charge is 0.471 e. The maximum absolute atomic E-state index is 5.83. The SMILES string of the molecule is Clc1ncc(Cl)c(O[C@@H]2CCOC2)n1. The zero-order valence-electron chi connectivity index (χ0n) is 7.24. The Labute approximate surface area is 91.2 Å². The Hall–Kier alpha value is -0.580. The molecule has 0 N–H and O–H groups in total. The first kappa shape index (κ1) is 9.96. The highest BCUT2D eigenvalue weighted by Crippen LogP contribution is 2.24. The summed E-state index contributed by atoms with van der Waals surface area (Å²) in [6.07, 6.45) is 2.28. The zero-order chi connectivity index (χ0) is 9.97. The Morgan fingerprint density at radius 2 is 2.36 bits per heavy atom. The monoisotopic (exact) mass is 234 g/mol. The van der Waals surface area contributed by atoms with Crippen LogP contribution in [0.2, 0.25) is 10.3 Å². The summed E-state index contributed by atoms with van der Waals surface area (Å²) in [6, 6.07) is 0. The van der Waals surface area contributed by atoms with E-state index in [-0.39, 0.29) is 11.4 Å². The predicted molar refractivity (Wildman–Crippen MR) is 51.9 cm³/mol. The predicted octanol–water partition coefficient (Wildman–Crippen LogP) is 1.95. The normalized spacial score (nSPS) is 21.1. The second kappa shape index (κ2) is 4.29. The molecule has 1 saturated heterocycles. The van der Waals surface area contributed by atoms with E-state index in [2.05, 4.69) is 9.97 Å². The van der Waals surface area contributed by atoms with Gasteiger partial charge in [0.1, 0.15) is 11.1 Å². The first-order chi connectivity index (χ1) is 6.75. The van der Waals surface area contributed by atoms with Crippen molar-refractivity contribution in [1.82, 2.24) is 9.97 Å². The maximum Gasteiger partial charge on any atom is 0.237 e. The minimum atomic E-state index is 0.0125. The van der Waals surface area contributed by atoms with Crippen molar-refractivity contribution in [2.75, 3.05) is 13.2 Å². The van der Waals surface area contributed by atoms with Crippen LogP contribution in [0.1, 0.15) is 6.42 Å². The van der Waals surface area contributed by atoms with E-state index >= 15 is 0 Å². The van der Waals surface area contributed by atoms with Gasteiger partial charge < -0.3 is 9.47 Å². The van der Waals surface area contributed by atoms with Crippen LogP contribution in [0.5, 0.6) is 5.88 Å². The van der Waals surface area contributed by atoms with Gasteiger partial charge in [-0.1, -0.05) is 11.6 Å². The van der Waals surface area contributed by atoms with Crippen LogP contribution in [-0.2, 0) is 4.74 Å². The molecular formula is C8H8Cl2N2O2. The highest BCUT2D eigenvalue weighted by atomic mass is 35.5. The summed E-state index contributed by atoms with van der Waals surface area (Å²) in [4.78, 5) is 7.61. The summed E-state index contributed by atoms with van der Waals surface area (Å²) in [5.74, 6) is 0.321. The van der Waals surface area contributed by atoms with E-state index in [1.54, 1.807) is 0 Å². The fourth-order valence-corrected chi connectivity index (χ4v) is 1.44. The summed E-state index contributed by atoms with van der Waals surface area (Å²) in [5.41, 5.74) is 0. The average molecular weight is 235 g/mol. The molecule has 0 spiro atoms. The smallest absolute Gasteiger partial charge is 0.237 e. The lowest BCUT2D eigenvalue weighted by Gasteiger charge is -2.11. The Bertz CT molecular complexity index is 329. The van der Waals surface area contributed by atoms with E-state index in [0.29, 0.717) is 24.1 Å². The van der Waals surface area contributed by atoms with Gasteiger partial charge in [-0.2, -0.15) is 4.98 Å². The average Bonchev–Trinajstić information content (AvgIpc) is 2.64. The first-order valence-electron chi connectivity index (χ1n) is 4.18. The Morgan fingerprint density at radius 1 is 1.50 bits per heavy atom. The number of hydrogen-bond acceptors (Lipinski definition) is 4. The van der Waals surface area contributed by atoms with Gasteiger partial charge in [-0.25, -0.2) is 4.98 Å². The van der Waals surface area contributed by atoms with Crippen molar-refractivity contribution in [3.8, 4) is 5.88 Å². The van der Waals surface area contributed by atoms with Gasteiger partial charge >= 0.3 is 0 Å². The van der Waals surface area contributed by atoms with E-state index in [1.807, 2.05) is 0 Å². The van der Waals surface area contributed by atoms with Gasteiger partial charge in [0.2, 0.25) is 11.2 Å². The van der Waals surface area contributed by atoms with Crippen LogP contribution >= 0.6 is 23.2 Å². The van der Waals surface area contributed by atoms with Crippen molar-refractivity contribution in [3.63, 3.8) is 0 Å². The van der Waals surface area contributed by atoms with E-state index in [9.17, 15) is 0 Å². The molecule has 0 aliphatic carbocycles. The van der Waals surface area contributed by atoms with Crippen molar-refractivity contribution in [1.29, 1.82) is 0 Å². The highest BCUT2D eigenvalue weighted by Gasteiger charge is 2.19. The van der Waals surface area contributed by atoms with Gasteiger partial charge in [0, 0.05) is 6.42 Å². The van der Waals surface area contributed by atoms with Crippen LogP contribution in [0, 0.1) is 0 Å². The topological polar surface area (TPSA) is 44.2 Å². The summed E-state index contributed by atoms with van der Waals surface area (Å²) in [7, 11) is 0. The lowest BCUT2D eigenvalue weighted by Crippen LogP contribution is -2.16. The number of aromatic nitrogens is 2. The molecule has 6 heteroatoms. The summed E-state index contributed by atoms with van der Waals surface area (Å²) < 4.78 is 10.6. The lowest BCUT2D eigenvalue weighted by atomic mass is 10.3. The van der Waals surface area contributed by atoms with Gasteiger partial charge in [-0.15, -0.1) is 0 Å². The Kier molecular flexibility index (Phi) is 3.05. The van der Waals surface area contributed by atoms with Crippen molar-refractivity contribution >= 4 is 23.2 Å². The van der Waals surface area contributed by atoms with Crippen LogP contribution < -0.4 is 4.74 Å². The third-order valence-electron chi connectivity index (χ3n) is 1.85. The van der Waals surface area contributed by atoms with Crippen LogP contribution in [0.25, 0.3) is 0 Å². The first-order valence-corrected chi connectivity index (χ1v) is 4.94. The van der Waals surface area contributed by atoms with Gasteiger partial charge in [0.15, 0.2) is 0 Å².